The SMILES string of the molecule is C=C(c1ccccc1)c1cn(C)c2ccccc12. The largest absolute Gasteiger partial charge is 0.350 e. The van der Waals surface area contributed by atoms with Crippen LogP contribution >= 0.6 is 0 Å². The molecule has 0 amide bonds. The first kappa shape index (κ1) is 10.8. The van der Waals surface area contributed by atoms with Crippen LogP contribution < -0.4 is 0 Å². The van der Waals surface area contributed by atoms with Crippen LogP contribution in [-0.2, 0) is 7.05 Å². The number of rotatable bonds is 2. The molecule has 0 spiro atoms. The summed E-state index contributed by atoms with van der Waals surface area (Å²) in [4.78, 5) is 0. The number of fused-ring (bicyclic) bond motifs is 1. The molecule has 0 N–H and O–H groups in total. The van der Waals surface area contributed by atoms with Gasteiger partial charge in [0.05, 0.1) is 0 Å². The first-order valence-electron chi connectivity index (χ1n) is 6.06. The molecule has 0 bridgehead atoms. The molecule has 0 saturated carbocycles. The monoisotopic (exact) mass is 233 g/mol. The fourth-order valence-electron chi connectivity index (χ4n) is 2.38. The molecule has 0 aliphatic heterocycles. The van der Waals surface area contributed by atoms with E-state index in [0.717, 1.165) is 5.57 Å². The molecule has 3 rings (SSSR count). The first-order valence-corrected chi connectivity index (χ1v) is 6.06. The molecule has 0 radical (unpaired) electrons. The highest BCUT2D eigenvalue weighted by molar-refractivity contribution is 5.96. The maximum Gasteiger partial charge on any atom is 0.0484 e. The maximum absolute atomic E-state index is 4.25. The lowest BCUT2D eigenvalue weighted by Gasteiger charge is -2.04. The van der Waals surface area contributed by atoms with Crippen LogP contribution in [0.3, 0.4) is 0 Å². The van der Waals surface area contributed by atoms with Gasteiger partial charge in [-0.2, -0.15) is 0 Å². The molecule has 1 heteroatoms. The van der Waals surface area contributed by atoms with Gasteiger partial charge in [-0.05, 0) is 17.2 Å². The Labute approximate surface area is 107 Å². The second-order valence-corrected chi connectivity index (χ2v) is 4.52. The fraction of sp³-hybridized carbons (Fsp3) is 0.0588. The molecular weight excluding hydrogens is 218 g/mol. The smallest absolute Gasteiger partial charge is 0.0484 e. The second kappa shape index (κ2) is 4.19. The van der Waals surface area contributed by atoms with Crippen molar-refractivity contribution >= 4 is 16.5 Å². The number of hydrogen-bond acceptors (Lipinski definition) is 0. The van der Waals surface area contributed by atoms with Gasteiger partial charge < -0.3 is 4.57 Å². The van der Waals surface area contributed by atoms with E-state index in [1.807, 2.05) is 18.2 Å². The third kappa shape index (κ3) is 1.65. The number of nitrogens with zero attached hydrogens (tertiary/aromatic N) is 1. The van der Waals surface area contributed by atoms with E-state index in [-0.39, 0.29) is 0 Å². The van der Waals surface area contributed by atoms with Crippen molar-refractivity contribution in [2.24, 2.45) is 7.05 Å². The molecule has 2 aromatic carbocycles. The Bertz CT molecular complexity index is 705. The van der Waals surface area contributed by atoms with Crippen LogP contribution in [0.1, 0.15) is 11.1 Å². The molecule has 0 unspecified atom stereocenters. The lowest BCUT2D eigenvalue weighted by Crippen LogP contribution is -1.84. The molecule has 0 aliphatic carbocycles. The van der Waals surface area contributed by atoms with Crippen molar-refractivity contribution in [2.75, 3.05) is 0 Å². The molecule has 1 nitrogen and oxygen atoms in total. The predicted octanol–water partition coefficient (Wildman–Crippen LogP) is 4.24. The van der Waals surface area contributed by atoms with Gasteiger partial charge in [0.25, 0.3) is 0 Å². The lowest BCUT2D eigenvalue weighted by molar-refractivity contribution is 0.967. The van der Waals surface area contributed by atoms with Crippen LogP contribution in [0.5, 0.6) is 0 Å². The van der Waals surface area contributed by atoms with Gasteiger partial charge in [-0.25, -0.2) is 0 Å². The summed E-state index contributed by atoms with van der Waals surface area (Å²) >= 11 is 0. The highest BCUT2D eigenvalue weighted by atomic mass is 14.9. The number of benzene rings is 2. The number of aryl methyl sites for hydroxylation is 1. The van der Waals surface area contributed by atoms with Crippen LogP contribution in [-0.4, -0.2) is 4.57 Å². The summed E-state index contributed by atoms with van der Waals surface area (Å²) in [6, 6.07) is 18.8. The van der Waals surface area contributed by atoms with Crippen LogP contribution in [0.4, 0.5) is 0 Å². The number of aromatic nitrogens is 1. The van der Waals surface area contributed by atoms with E-state index in [9.17, 15) is 0 Å². The van der Waals surface area contributed by atoms with Crippen LogP contribution in [0, 0.1) is 0 Å². The van der Waals surface area contributed by atoms with E-state index < -0.39 is 0 Å². The zero-order chi connectivity index (χ0) is 12.5. The van der Waals surface area contributed by atoms with E-state index in [4.69, 9.17) is 0 Å². The van der Waals surface area contributed by atoms with Gasteiger partial charge >= 0.3 is 0 Å². The van der Waals surface area contributed by atoms with Gasteiger partial charge in [-0.1, -0.05) is 55.1 Å². The quantitative estimate of drug-likeness (QED) is 0.624. The summed E-state index contributed by atoms with van der Waals surface area (Å²) in [5, 5.41) is 1.26. The van der Waals surface area contributed by atoms with Gasteiger partial charge in [0.1, 0.15) is 0 Å². The van der Waals surface area contributed by atoms with Gasteiger partial charge in [-0.15, -0.1) is 0 Å². The third-order valence-corrected chi connectivity index (χ3v) is 3.34. The Hall–Kier alpha value is -2.28. The Morgan fingerprint density at radius 2 is 1.61 bits per heavy atom. The van der Waals surface area contributed by atoms with Crippen molar-refractivity contribution in [3.63, 3.8) is 0 Å². The lowest BCUT2D eigenvalue weighted by atomic mass is 9.99. The average molecular weight is 233 g/mol. The topological polar surface area (TPSA) is 4.93 Å². The van der Waals surface area contributed by atoms with E-state index in [1.165, 1.54) is 22.0 Å². The molecule has 0 atom stereocenters. The Balaban J connectivity index is 2.19. The average Bonchev–Trinajstić information content (AvgIpc) is 2.77. The first-order chi connectivity index (χ1) is 8.77. The summed E-state index contributed by atoms with van der Waals surface area (Å²) in [5.74, 6) is 0. The summed E-state index contributed by atoms with van der Waals surface area (Å²) in [7, 11) is 2.07. The van der Waals surface area contributed by atoms with Gasteiger partial charge in [0.15, 0.2) is 0 Å². The predicted molar refractivity (Wildman–Crippen MR) is 77.5 cm³/mol. The van der Waals surface area contributed by atoms with Crippen molar-refractivity contribution in [2.45, 2.75) is 0 Å². The van der Waals surface area contributed by atoms with E-state index in [2.05, 4.69) is 60.8 Å². The standard InChI is InChI=1S/C17H15N/c1-13(14-8-4-3-5-9-14)16-12-18(2)17-11-7-6-10-15(16)17/h3-12H,1H2,2H3. The summed E-state index contributed by atoms with van der Waals surface area (Å²) < 4.78 is 2.15. The summed E-state index contributed by atoms with van der Waals surface area (Å²) in [5.41, 5.74) is 4.70. The molecule has 1 aromatic heterocycles. The number of para-hydroxylation sites is 1. The van der Waals surface area contributed by atoms with Crippen molar-refractivity contribution in [3.8, 4) is 0 Å². The molecule has 0 fully saturated rings. The highest BCUT2D eigenvalue weighted by Crippen LogP contribution is 2.29. The molecule has 88 valence electrons. The van der Waals surface area contributed by atoms with Gasteiger partial charge in [0, 0.05) is 29.7 Å². The van der Waals surface area contributed by atoms with Crippen molar-refractivity contribution in [1.82, 2.24) is 4.57 Å². The Morgan fingerprint density at radius 1 is 0.944 bits per heavy atom. The molecule has 18 heavy (non-hydrogen) atoms. The summed E-state index contributed by atoms with van der Waals surface area (Å²) in [6.45, 7) is 4.25. The maximum atomic E-state index is 4.25. The van der Waals surface area contributed by atoms with Crippen molar-refractivity contribution in [3.05, 3.63) is 78.5 Å². The zero-order valence-corrected chi connectivity index (χ0v) is 10.4. The van der Waals surface area contributed by atoms with E-state index >= 15 is 0 Å². The molecular formula is C17H15N. The minimum Gasteiger partial charge on any atom is -0.350 e. The van der Waals surface area contributed by atoms with Gasteiger partial charge in [-0.3, -0.25) is 0 Å². The molecule has 3 aromatic rings. The van der Waals surface area contributed by atoms with Crippen molar-refractivity contribution < 1.29 is 0 Å². The molecule has 0 saturated heterocycles. The van der Waals surface area contributed by atoms with E-state index in [0.29, 0.717) is 0 Å². The van der Waals surface area contributed by atoms with Crippen LogP contribution in [0.2, 0.25) is 0 Å². The van der Waals surface area contributed by atoms with E-state index in [1.54, 1.807) is 0 Å². The second-order valence-electron chi connectivity index (χ2n) is 4.52. The third-order valence-electron chi connectivity index (χ3n) is 3.34. The fourth-order valence-corrected chi connectivity index (χ4v) is 2.38. The highest BCUT2D eigenvalue weighted by Gasteiger charge is 2.09. The van der Waals surface area contributed by atoms with Crippen molar-refractivity contribution in [1.29, 1.82) is 0 Å². The number of hydrogen-bond donors (Lipinski definition) is 0. The minimum atomic E-state index is 1.08. The van der Waals surface area contributed by atoms with Crippen LogP contribution in [0.25, 0.3) is 16.5 Å². The Morgan fingerprint density at radius 3 is 2.39 bits per heavy atom. The normalized spacial score (nSPS) is 10.7. The van der Waals surface area contributed by atoms with Gasteiger partial charge in [0.2, 0.25) is 0 Å². The minimum absolute atomic E-state index is 1.08. The molecule has 0 aliphatic rings. The Kier molecular flexibility index (Phi) is 2.52. The molecule has 1 heterocycles. The zero-order valence-electron chi connectivity index (χ0n) is 10.4. The van der Waals surface area contributed by atoms with Crippen LogP contribution in [0.15, 0.2) is 67.4 Å². The summed E-state index contributed by atoms with van der Waals surface area (Å²) in [6.07, 6.45) is 2.15.